The number of fused-ring (bicyclic) bond motifs is 1. The van der Waals surface area contributed by atoms with Crippen LogP contribution in [0.5, 0.6) is 0 Å². The first-order valence-electron chi connectivity index (χ1n) is 6.07. The van der Waals surface area contributed by atoms with Gasteiger partial charge in [-0.1, -0.05) is 12.1 Å². The second kappa shape index (κ2) is 4.98. The SMILES string of the molecule is N#Cc1cc(F)ccc1Nc1cccc2cnccc12. The third kappa shape index (κ3) is 2.17. The summed E-state index contributed by atoms with van der Waals surface area (Å²) in [6.45, 7) is 0. The zero-order valence-electron chi connectivity index (χ0n) is 10.5. The fourth-order valence-corrected chi connectivity index (χ4v) is 2.09. The van der Waals surface area contributed by atoms with Gasteiger partial charge >= 0.3 is 0 Å². The lowest BCUT2D eigenvalue weighted by atomic mass is 10.1. The highest BCUT2D eigenvalue weighted by atomic mass is 19.1. The van der Waals surface area contributed by atoms with Gasteiger partial charge in [-0.05, 0) is 30.3 Å². The molecule has 0 spiro atoms. The van der Waals surface area contributed by atoms with E-state index < -0.39 is 5.82 Å². The van der Waals surface area contributed by atoms with Crippen molar-refractivity contribution in [2.24, 2.45) is 0 Å². The number of nitrogens with zero attached hydrogens (tertiary/aromatic N) is 2. The van der Waals surface area contributed by atoms with Crippen molar-refractivity contribution < 1.29 is 4.39 Å². The molecule has 3 aromatic rings. The van der Waals surface area contributed by atoms with Crippen LogP contribution in [-0.2, 0) is 0 Å². The molecule has 4 heteroatoms. The lowest BCUT2D eigenvalue weighted by molar-refractivity contribution is 0.627. The van der Waals surface area contributed by atoms with Crippen LogP contribution in [0.1, 0.15) is 5.56 Å². The minimum Gasteiger partial charge on any atom is -0.354 e. The van der Waals surface area contributed by atoms with Gasteiger partial charge in [0.1, 0.15) is 11.9 Å². The van der Waals surface area contributed by atoms with Crippen LogP contribution in [0.25, 0.3) is 10.8 Å². The molecule has 0 aliphatic rings. The van der Waals surface area contributed by atoms with Gasteiger partial charge in [0.05, 0.1) is 11.3 Å². The van der Waals surface area contributed by atoms with E-state index in [4.69, 9.17) is 5.26 Å². The van der Waals surface area contributed by atoms with Crippen molar-refractivity contribution in [2.45, 2.75) is 0 Å². The molecule has 0 fully saturated rings. The van der Waals surface area contributed by atoms with Crippen LogP contribution in [-0.4, -0.2) is 4.98 Å². The molecule has 0 amide bonds. The third-order valence-corrected chi connectivity index (χ3v) is 3.05. The summed E-state index contributed by atoms with van der Waals surface area (Å²) in [5.41, 5.74) is 1.71. The monoisotopic (exact) mass is 263 g/mol. The Morgan fingerprint density at radius 1 is 1.10 bits per heavy atom. The van der Waals surface area contributed by atoms with E-state index in [1.807, 2.05) is 30.3 Å². The molecule has 1 aromatic heterocycles. The average molecular weight is 263 g/mol. The summed E-state index contributed by atoms with van der Waals surface area (Å²) < 4.78 is 13.1. The van der Waals surface area contributed by atoms with Crippen molar-refractivity contribution in [1.82, 2.24) is 4.98 Å². The molecule has 1 heterocycles. The van der Waals surface area contributed by atoms with Crippen molar-refractivity contribution >= 4 is 22.1 Å². The van der Waals surface area contributed by atoms with Gasteiger partial charge in [0.2, 0.25) is 0 Å². The minimum absolute atomic E-state index is 0.274. The zero-order chi connectivity index (χ0) is 13.9. The Morgan fingerprint density at radius 2 is 2.00 bits per heavy atom. The lowest BCUT2D eigenvalue weighted by Gasteiger charge is -2.11. The second-order valence-corrected chi connectivity index (χ2v) is 4.33. The summed E-state index contributed by atoms with van der Waals surface area (Å²) in [5, 5.41) is 14.2. The van der Waals surface area contributed by atoms with E-state index in [0.717, 1.165) is 16.5 Å². The van der Waals surface area contributed by atoms with Crippen molar-refractivity contribution in [1.29, 1.82) is 5.26 Å². The maximum atomic E-state index is 13.1. The molecule has 3 nitrogen and oxygen atoms in total. The Hall–Kier alpha value is -2.93. The summed E-state index contributed by atoms with van der Waals surface area (Å²) in [6, 6.07) is 13.8. The number of hydrogen-bond acceptors (Lipinski definition) is 3. The Bertz CT molecular complexity index is 816. The molecule has 96 valence electrons. The number of aromatic nitrogens is 1. The fourth-order valence-electron chi connectivity index (χ4n) is 2.09. The maximum Gasteiger partial charge on any atom is 0.124 e. The Balaban J connectivity index is 2.08. The molecule has 0 bridgehead atoms. The van der Waals surface area contributed by atoms with Crippen LogP contribution in [0.3, 0.4) is 0 Å². The van der Waals surface area contributed by atoms with Gasteiger partial charge in [-0.15, -0.1) is 0 Å². The van der Waals surface area contributed by atoms with Crippen LogP contribution >= 0.6 is 0 Å². The van der Waals surface area contributed by atoms with Crippen molar-refractivity contribution in [2.75, 3.05) is 5.32 Å². The largest absolute Gasteiger partial charge is 0.354 e. The predicted molar refractivity (Wildman–Crippen MR) is 76.1 cm³/mol. The summed E-state index contributed by atoms with van der Waals surface area (Å²) in [4.78, 5) is 4.08. The molecule has 0 saturated carbocycles. The normalized spacial score (nSPS) is 10.2. The van der Waals surface area contributed by atoms with Gasteiger partial charge in [-0.2, -0.15) is 5.26 Å². The first-order chi connectivity index (χ1) is 9.78. The molecule has 0 aliphatic carbocycles. The summed E-state index contributed by atoms with van der Waals surface area (Å²) in [5.74, 6) is -0.422. The summed E-state index contributed by atoms with van der Waals surface area (Å²) in [6.07, 6.45) is 3.49. The van der Waals surface area contributed by atoms with Crippen molar-refractivity contribution in [3.63, 3.8) is 0 Å². The third-order valence-electron chi connectivity index (χ3n) is 3.05. The molecular weight excluding hydrogens is 253 g/mol. The maximum absolute atomic E-state index is 13.1. The topological polar surface area (TPSA) is 48.7 Å². The molecule has 3 rings (SSSR count). The van der Waals surface area contributed by atoms with E-state index >= 15 is 0 Å². The van der Waals surface area contributed by atoms with E-state index in [-0.39, 0.29) is 5.56 Å². The highest BCUT2D eigenvalue weighted by molar-refractivity contribution is 5.95. The summed E-state index contributed by atoms with van der Waals surface area (Å²) >= 11 is 0. The van der Waals surface area contributed by atoms with E-state index in [9.17, 15) is 4.39 Å². The van der Waals surface area contributed by atoms with Gasteiger partial charge in [0, 0.05) is 28.9 Å². The predicted octanol–water partition coefficient (Wildman–Crippen LogP) is 3.99. The van der Waals surface area contributed by atoms with Crippen LogP contribution in [0.15, 0.2) is 54.9 Å². The number of anilines is 2. The number of halogens is 1. The molecule has 0 radical (unpaired) electrons. The van der Waals surface area contributed by atoms with E-state index in [1.165, 1.54) is 12.1 Å². The van der Waals surface area contributed by atoms with Crippen molar-refractivity contribution in [3.05, 3.63) is 66.2 Å². The van der Waals surface area contributed by atoms with Gasteiger partial charge < -0.3 is 5.32 Å². The molecule has 0 saturated heterocycles. The fraction of sp³-hybridized carbons (Fsp3) is 0. The zero-order valence-corrected chi connectivity index (χ0v) is 10.5. The molecule has 20 heavy (non-hydrogen) atoms. The van der Waals surface area contributed by atoms with E-state index in [2.05, 4.69) is 10.3 Å². The van der Waals surface area contributed by atoms with E-state index in [1.54, 1.807) is 18.5 Å². The van der Waals surface area contributed by atoms with Gasteiger partial charge in [-0.3, -0.25) is 4.98 Å². The average Bonchev–Trinajstić information content (AvgIpc) is 2.49. The molecular formula is C16H10FN3. The number of nitriles is 1. The summed E-state index contributed by atoms with van der Waals surface area (Å²) in [7, 11) is 0. The molecule has 0 atom stereocenters. The lowest BCUT2D eigenvalue weighted by Crippen LogP contribution is -1.95. The highest BCUT2D eigenvalue weighted by Crippen LogP contribution is 2.27. The molecule has 0 unspecified atom stereocenters. The van der Waals surface area contributed by atoms with Gasteiger partial charge in [0.25, 0.3) is 0 Å². The Labute approximate surface area is 115 Å². The first kappa shape index (κ1) is 12.1. The van der Waals surface area contributed by atoms with Crippen molar-refractivity contribution in [3.8, 4) is 6.07 Å². The van der Waals surface area contributed by atoms with Crippen LogP contribution in [0.2, 0.25) is 0 Å². The molecule has 1 N–H and O–H groups in total. The molecule has 2 aromatic carbocycles. The standard InChI is InChI=1S/C16H10FN3/c17-13-4-5-15(12(8-13)9-18)20-16-3-1-2-11-10-19-7-6-14(11)16/h1-8,10,20H. The Kier molecular flexibility index (Phi) is 3.02. The smallest absolute Gasteiger partial charge is 0.124 e. The first-order valence-corrected chi connectivity index (χ1v) is 6.07. The van der Waals surface area contributed by atoms with Crippen LogP contribution in [0.4, 0.5) is 15.8 Å². The van der Waals surface area contributed by atoms with E-state index in [0.29, 0.717) is 5.69 Å². The number of rotatable bonds is 2. The Morgan fingerprint density at radius 3 is 2.85 bits per heavy atom. The number of pyridine rings is 1. The number of hydrogen-bond donors (Lipinski definition) is 1. The number of benzene rings is 2. The van der Waals surface area contributed by atoms with Crippen LogP contribution in [0, 0.1) is 17.1 Å². The number of nitrogens with one attached hydrogen (secondary N) is 1. The second-order valence-electron chi connectivity index (χ2n) is 4.33. The van der Waals surface area contributed by atoms with Crippen LogP contribution < -0.4 is 5.32 Å². The highest BCUT2D eigenvalue weighted by Gasteiger charge is 2.06. The van der Waals surface area contributed by atoms with Gasteiger partial charge in [-0.25, -0.2) is 4.39 Å². The molecule has 0 aliphatic heterocycles. The quantitative estimate of drug-likeness (QED) is 0.760. The minimum atomic E-state index is -0.422. The van der Waals surface area contributed by atoms with Gasteiger partial charge in [0.15, 0.2) is 0 Å².